The standard InChI is InChI=1S/C27H26N4O5S/c1-4-35-20-14-10-18(11-15-20)28-29-24-25(32)30(19-12-16-21(17-13-19)36-5-2)27(37)31(26(24)33)22-8-6-7-9-23(22)34-3/h6-17,33H,4-5H2,1-3H3. The molecule has 0 bridgehead atoms. The van der Waals surface area contributed by atoms with E-state index in [1.807, 2.05) is 13.8 Å². The second kappa shape index (κ2) is 11.5. The molecule has 0 radical (unpaired) electrons. The van der Waals surface area contributed by atoms with Crippen LogP contribution < -0.4 is 19.8 Å². The van der Waals surface area contributed by atoms with Gasteiger partial charge in [-0.1, -0.05) is 12.1 Å². The molecule has 9 nitrogen and oxygen atoms in total. The van der Waals surface area contributed by atoms with Crippen LogP contribution in [0.25, 0.3) is 11.4 Å². The van der Waals surface area contributed by atoms with Crippen LogP contribution in [0.3, 0.4) is 0 Å². The van der Waals surface area contributed by atoms with Crippen LogP contribution in [-0.2, 0) is 0 Å². The van der Waals surface area contributed by atoms with Gasteiger partial charge in [-0.15, -0.1) is 5.11 Å². The molecule has 0 atom stereocenters. The zero-order chi connectivity index (χ0) is 26.4. The summed E-state index contributed by atoms with van der Waals surface area (Å²) < 4.78 is 19.1. The average Bonchev–Trinajstić information content (AvgIpc) is 2.91. The molecular weight excluding hydrogens is 492 g/mol. The Kier molecular flexibility index (Phi) is 7.99. The van der Waals surface area contributed by atoms with Crippen molar-refractivity contribution >= 4 is 23.6 Å². The fourth-order valence-corrected chi connectivity index (χ4v) is 4.05. The number of para-hydroxylation sites is 2. The zero-order valence-corrected chi connectivity index (χ0v) is 21.4. The van der Waals surface area contributed by atoms with Crippen molar-refractivity contribution in [1.29, 1.82) is 0 Å². The van der Waals surface area contributed by atoms with Gasteiger partial charge < -0.3 is 19.3 Å². The number of rotatable bonds is 9. The van der Waals surface area contributed by atoms with E-state index in [0.29, 0.717) is 47.5 Å². The Balaban J connectivity index is 1.92. The molecular formula is C27H26N4O5S. The number of azo groups is 1. The minimum atomic E-state index is -0.632. The number of hydrogen-bond donors (Lipinski definition) is 1. The molecule has 0 aliphatic rings. The van der Waals surface area contributed by atoms with Gasteiger partial charge in [0.05, 0.1) is 37.4 Å². The van der Waals surface area contributed by atoms with Gasteiger partial charge in [-0.05, 0) is 86.7 Å². The Labute approximate surface area is 218 Å². The fraction of sp³-hybridized carbons (Fsp3) is 0.185. The molecule has 0 spiro atoms. The summed E-state index contributed by atoms with van der Waals surface area (Å²) in [5.74, 6) is 1.32. The van der Waals surface area contributed by atoms with Crippen LogP contribution in [0.4, 0.5) is 11.4 Å². The Morgan fingerprint density at radius 2 is 1.43 bits per heavy atom. The third kappa shape index (κ3) is 5.39. The van der Waals surface area contributed by atoms with Gasteiger partial charge in [0.25, 0.3) is 5.56 Å². The molecule has 0 aliphatic carbocycles. The Hall–Kier alpha value is -4.44. The van der Waals surface area contributed by atoms with Gasteiger partial charge in [0.15, 0.2) is 4.77 Å². The van der Waals surface area contributed by atoms with Crippen LogP contribution in [0.1, 0.15) is 13.8 Å². The van der Waals surface area contributed by atoms with Crippen LogP contribution in [-0.4, -0.2) is 34.6 Å². The maximum atomic E-state index is 13.6. The Bertz CT molecular complexity index is 1530. The van der Waals surface area contributed by atoms with Crippen LogP contribution in [0.2, 0.25) is 0 Å². The summed E-state index contributed by atoms with van der Waals surface area (Å²) >= 11 is 5.69. The number of hydrogen-bond acceptors (Lipinski definition) is 8. The second-order valence-electron chi connectivity index (χ2n) is 7.66. The SMILES string of the molecule is CCOc1ccc(N=Nc2c(O)n(-c3ccccc3OC)c(=S)n(-c3ccc(OCC)cc3)c2=O)cc1. The van der Waals surface area contributed by atoms with E-state index in [4.69, 9.17) is 26.4 Å². The van der Waals surface area contributed by atoms with E-state index in [1.54, 1.807) is 72.8 Å². The summed E-state index contributed by atoms with van der Waals surface area (Å²) in [6.07, 6.45) is 0. The van der Waals surface area contributed by atoms with Crippen LogP contribution in [0.5, 0.6) is 23.1 Å². The summed E-state index contributed by atoms with van der Waals surface area (Å²) in [5, 5.41) is 19.5. The van der Waals surface area contributed by atoms with Crippen molar-refractivity contribution in [2.45, 2.75) is 13.8 Å². The highest BCUT2D eigenvalue weighted by molar-refractivity contribution is 7.71. The van der Waals surface area contributed by atoms with Crippen molar-refractivity contribution in [3.63, 3.8) is 0 Å². The molecule has 10 heteroatoms. The highest BCUT2D eigenvalue weighted by Gasteiger charge is 2.21. The smallest absolute Gasteiger partial charge is 0.290 e. The molecule has 0 saturated heterocycles. The van der Waals surface area contributed by atoms with Gasteiger partial charge in [-0.25, -0.2) is 0 Å². The molecule has 0 fully saturated rings. The van der Waals surface area contributed by atoms with E-state index < -0.39 is 11.4 Å². The maximum Gasteiger partial charge on any atom is 0.290 e. The number of methoxy groups -OCH3 is 1. The van der Waals surface area contributed by atoms with Gasteiger partial charge >= 0.3 is 0 Å². The molecule has 1 N–H and O–H groups in total. The molecule has 0 saturated carbocycles. The van der Waals surface area contributed by atoms with Crippen molar-refractivity contribution in [2.75, 3.05) is 20.3 Å². The molecule has 1 heterocycles. The first-order valence-electron chi connectivity index (χ1n) is 11.6. The topological polar surface area (TPSA) is 99.6 Å². The zero-order valence-electron chi connectivity index (χ0n) is 20.6. The molecule has 0 aliphatic heterocycles. The van der Waals surface area contributed by atoms with Gasteiger partial charge in [-0.2, -0.15) is 5.11 Å². The number of benzene rings is 3. The maximum absolute atomic E-state index is 13.6. The Morgan fingerprint density at radius 3 is 2.03 bits per heavy atom. The fourth-order valence-electron chi connectivity index (χ4n) is 3.67. The highest BCUT2D eigenvalue weighted by atomic mass is 32.1. The van der Waals surface area contributed by atoms with E-state index >= 15 is 0 Å². The third-order valence-electron chi connectivity index (χ3n) is 5.36. The first kappa shape index (κ1) is 25.6. The van der Waals surface area contributed by atoms with Crippen molar-refractivity contribution < 1.29 is 19.3 Å². The van der Waals surface area contributed by atoms with Crippen LogP contribution in [0.15, 0.2) is 87.8 Å². The van der Waals surface area contributed by atoms with E-state index in [1.165, 1.54) is 16.2 Å². The first-order valence-corrected chi connectivity index (χ1v) is 12.0. The summed E-state index contributed by atoms with van der Waals surface area (Å²) in [7, 11) is 1.51. The monoisotopic (exact) mass is 518 g/mol. The van der Waals surface area contributed by atoms with Crippen LogP contribution in [0, 0.1) is 4.77 Å². The number of ether oxygens (including phenoxy) is 3. The predicted molar refractivity (Wildman–Crippen MR) is 143 cm³/mol. The van der Waals surface area contributed by atoms with Crippen LogP contribution >= 0.6 is 12.2 Å². The van der Waals surface area contributed by atoms with Crippen molar-refractivity contribution in [3.05, 3.63) is 87.9 Å². The quantitative estimate of drug-likeness (QED) is 0.207. The van der Waals surface area contributed by atoms with Gasteiger partial charge in [0.1, 0.15) is 17.2 Å². The summed E-state index contributed by atoms with van der Waals surface area (Å²) in [6.45, 7) is 4.83. The molecule has 0 amide bonds. The predicted octanol–water partition coefficient (Wildman–Crippen LogP) is 6.28. The molecule has 4 rings (SSSR count). The lowest BCUT2D eigenvalue weighted by molar-refractivity contribution is 0.340. The lowest BCUT2D eigenvalue weighted by atomic mass is 10.2. The summed E-state index contributed by atoms with van der Waals surface area (Å²) in [6, 6.07) is 20.8. The van der Waals surface area contributed by atoms with E-state index in [2.05, 4.69) is 10.2 Å². The number of aromatic nitrogens is 2. The highest BCUT2D eigenvalue weighted by Crippen LogP contribution is 2.33. The lowest BCUT2D eigenvalue weighted by Gasteiger charge is -2.17. The lowest BCUT2D eigenvalue weighted by Crippen LogP contribution is -2.23. The first-order chi connectivity index (χ1) is 18.0. The molecule has 3 aromatic carbocycles. The summed E-state index contributed by atoms with van der Waals surface area (Å²) in [5.41, 5.74) is 0.459. The van der Waals surface area contributed by atoms with E-state index in [0.717, 1.165) is 0 Å². The number of aromatic hydroxyl groups is 1. The van der Waals surface area contributed by atoms with Crippen molar-refractivity contribution in [2.24, 2.45) is 10.2 Å². The normalized spacial score (nSPS) is 11.0. The molecule has 190 valence electrons. The number of nitrogens with zero attached hydrogens (tertiary/aromatic N) is 4. The van der Waals surface area contributed by atoms with Gasteiger partial charge in [0, 0.05) is 0 Å². The molecule has 37 heavy (non-hydrogen) atoms. The largest absolute Gasteiger partial charge is 0.495 e. The van der Waals surface area contributed by atoms with E-state index in [9.17, 15) is 9.90 Å². The van der Waals surface area contributed by atoms with Gasteiger partial charge in [0.2, 0.25) is 11.6 Å². The van der Waals surface area contributed by atoms with Gasteiger partial charge in [-0.3, -0.25) is 13.9 Å². The second-order valence-corrected chi connectivity index (χ2v) is 8.02. The molecule has 0 unspecified atom stereocenters. The minimum Gasteiger partial charge on any atom is -0.495 e. The Morgan fingerprint density at radius 1 is 0.838 bits per heavy atom. The minimum absolute atomic E-state index is 0.0242. The molecule has 4 aromatic rings. The van der Waals surface area contributed by atoms with Crippen molar-refractivity contribution in [1.82, 2.24) is 9.13 Å². The molecule has 1 aromatic heterocycles. The van der Waals surface area contributed by atoms with E-state index in [-0.39, 0.29) is 10.5 Å². The summed E-state index contributed by atoms with van der Waals surface area (Å²) in [4.78, 5) is 13.6. The average molecular weight is 519 g/mol. The van der Waals surface area contributed by atoms with Crippen molar-refractivity contribution in [3.8, 4) is 34.5 Å². The third-order valence-corrected chi connectivity index (χ3v) is 5.72.